The normalized spacial score (nSPS) is 31.3. The minimum atomic E-state index is 0.196. The number of aromatic hydroxyl groups is 1. The van der Waals surface area contributed by atoms with Crippen LogP contribution in [0.4, 0.5) is 0 Å². The molecule has 1 saturated heterocycles. The zero-order valence-corrected chi connectivity index (χ0v) is 14.2. The molecule has 0 spiro atoms. The van der Waals surface area contributed by atoms with Gasteiger partial charge in [-0.3, -0.25) is 0 Å². The molecule has 0 amide bonds. The number of hydrogen-bond acceptors (Lipinski definition) is 2. The van der Waals surface area contributed by atoms with Gasteiger partial charge in [0.25, 0.3) is 0 Å². The van der Waals surface area contributed by atoms with E-state index in [1.54, 1.807) is 6.07 Å². The van der Waals surface area contributed by atoms with Crippen LogP contribution in [0.5, 0.6) is 5.75 Å². The van der Waals surface area contributed by atoms with E-state index in [0.717, 1.165) is 5.92 Å². The first-order valence-electron chi connectivity index (χ1n) is 9.10. The molecule has 2 fully saturated rings. The molecular weight excluding hydrogens is 270 g/mol. The molecule has 1 heterocycles. The lowest BCUT2D eigenvalue weighted by Crippen LogP contribution is -2.48. The van der Waals surface area contributed by atoms with Crippen LogP contribution in [-0.2, 0) is 5.41 Å². The van der Waals surface area contributed by atoms with Crippen molar-refractivity contribution >= 4 is 0 Å². The van der Waals surface area contributed by atoms with Gasteiger partial charge in [0.15, 0.2) is 0 Å². The molecule has 1 N–H and O–H groups in total. The van der Waals surface area contributed by atoms with Gasteiger partial charge in [-0.2, -0.15) is 0 Å². The number of piperidine rings is 1. The number of phenols is 1. The van der Waals surface area contributed by atoms with Gasteiger partial charge in [-0.25, -0.2) is 0 Å². The van der Waals surface area contributed by atoms with Crippen molar-refractivity contribution in [1.29, 1.82) is 0 Å². The molecule has 2 nitrogen and oxygen atoms in total. The second kappa shape index (κ2) is 6.62. The van der Waals surface area contributed by atoms with E-state index in [1.807, 2.05) is 12.1 Å². The molecule has 1 aliphatic heterocycles. The van der Waals surface area contributed by atoms with Crippen LogP contribution in [0, 0.1) is 11.8 Å². The summed E-state index contributed by atoms with van der Waals surface area (Å²) in [5.41, 5.74) is 1.50. The topological polar surface area (TPSA) is 23.5 Å². The second-order valence-corrected chi connectivity index (χ2v) is 7.88. The van der Waals surface area contributed by atoms with Crippen LogP contribution in [0.3, 0.4) is 0 Å². The monoisotopic (exact) mass is 301 g/mol. The third kappa shape index (κ3) is 3.32. The summed E-state index contributed by atoms with van der Waals surface area (Å²) in [4.78, 5) is 2.70. The summed E-state index contributed by atoms with van der Waals surface area (Å²) in [6.45, 7) is 8.47. The molecule has 0 unspecified atom stereocenters. The van der Waals surface area contributed by atoms with E-state index >= 15 is 0 Å². The standard InChI is InChI=1S/C20H31NO/c1-16-14-21(15-17-7-4-3-5-8-17)12-11-20(16,2)18-9-6-10-19(22)13-18/h6,9-10,13,16-17,22H,3-5,7-8,11-12,14-15H2,1-2H3/t16-,20+/m1/s1. The summed E-state index contributed by atoms with van der Waals surface area (Å²) < 4.78 is 0. The Morgan fingerprint density at radius 1 is 1.23 bits per heavy atom. The van der Waals surface area contributed by atoms with Crippen molar-refractivity contribution in [3.05, 3.63) is 29.8 Å². The van der Waals surface area contributed by atoms with Gasteiger partial charge in [-0.15, -0.1) is 0 Å². The maximum absolute atomic E-state index is 9.80. The molecule has 2 aliphatic rings. The Morgan fingerprint density at radius 2 is 2.00 bits per heavy atom. The lowest BCUT2D eigenvalue weighted by molar-refractivity contribution is 0.0896. The summed E-state index contributed by atoms with van der Waals surface area (Å²) in [6, 6.07) is 7.91. The Hall–Kier alpha value is -1.02. The first-order chi connectivity index (χ1) is 10.6. The van der Waals surface area contributed by atoms with Crippen LogP contribution in [0.1, 0.15) is 57.9 Å². The number of nitrogens with zero attached hydrogens (tertiary/aromatic N) is 1. The van der Waals surface area contributed by atoms with Crippen LogP contribution in [-0.4, -0.2) is 29.6 Å². The highest BCUT2D eigenvalue weighted by Gasteiger charge is 2.38. The minimum absolute atomic E-state index is 0.196. The van der Waals surface area contributed by atoms with Gasteiger partial charge < -0.3 is 10.0 Å². The molecule has 0 aromatic heterocycles. The third-order valence-electron chi connectivity index (χ3n) is 6.31. The molecule has 0 radical (unpaired) electrons. The lowest BCUT2D eigenvalue weighted by Gasteiger charge is -2.46. The zero-order chi connectivity index (χ0) is 15.6. The number of likely N-dealkylation sites (tertiary alicyclic amines) is 1. The Bertz CT molecular complexity index is 494. The van der Waals surface area contributed by atoms with Gasteiger partial charge in [0.2, 0.25) is 0 Å². The molecule has 122 valence electrons. The molecule has 1 aromatic rings. The number of rotatable bonds is 3. The van der Waals surface area contributed by atoms with Crippen LogP contribution in [0.2, 0.25) is 0 Å². The van der Waals surface area contributed by atoms with Gasteiger partial charge in [-0.05, 0) is 60.8 Å². The molecule has 2 atom stereocenters. The van der Waals surface area contributed by atoms with Crippen LogP contribution < -0.4 is 0 Å². The fourth-order valence-electron chi connectivity index (χ4n) is 4.51. The summed E-state index contributed by atoms with van der Waals surface area (Å²) >= 11 is 0. The molecule has 1 saturated carbocycles. The fraction of sp³-hybridized carbons (Fsp3) is 0.700. The van der Waals surface area contributed by atoms with E-state index in [4.69, 9.17) is 0 Å². The molecule has 22 heavy (non-hydrogen) atoms. The van der Waals surface area contributed by atoms with E-state index in [1.165, 1.54) is 63.7 Å². The first kappa shape index (κ1) is 15.9. The molecule has 3 rings (SSSR count). The maximum Gasteiger partial charge on any atom is 0.115 e. The predicted octanol–water partition coefficient (Wildman–Crippen LogP) is 4.57. The highest BCUT2D eigenvalue weighted by molar-refractivity contribution is 5.33. The van der Waals surface area contributed by atoms with Crippen molar-refractivity contribution in [3.63, 3.8) is 0 Å². The lowest BCUT2D eigenvalue weighted by atomic mass is 9.68. The van der Waals surface area contributed by atoms with Crippen molar-refractivity contribution in [2.45, 2.75) is 57.8 Å². The quantitative estimate of drug-likeness (QED) is 0.884. The maximum atomic E-state index is 9.80. The Balaban J connectivity index is 1.64. The molecule has 1 aliphatic carbocycles. The Kier molecular flexibility index (Phi) is 4.77. The Labute approximate surface area is 135 Å². The van der Waals surface area contributed by atoms with Crippen molar-refractivity contribution in [2.24, 2.45) is 11.8 Å². The van der Waals surface area contributed by atoms with Crippen molar-refractivity contribution in [2.75, 3.05) is 19.6 Å². The largest absolute Gasteiger partial charge is 0.508 e. The zero-order valence-electron chi connectivity index (χ0n) is 14.2. The van der Waals surface area contributed by atoms with Gasteiger partial charge in [0.1, 0.15) is 5.75 Å². The van der Waals surface area contributed by atoms with Crippen molar-refractivity contribution in [1.82, 2.24) is 4.90 Å². The SMILES string of the molecule is C[C@@H]1CN(CC2CCCCC2)CC[C@]1(C)c1cccc(O)c1. The fourth-order valence-corrected chi connectivity index (χ4v) is 4.51. The number of hydrogen-bond donors (Lipinski definition) is 1. The van der Waals surface area contributed by atoms with E-state index < -0.39 is 0 Å². The average molecular weight is 301 g/mol. The first-order valence-corrected chi connectivity index (χ1v) is 9.10. The average Bonchev–Trinajstić information content (AvgIpc) is 2.52. The van der Waals surface area contributed by atoms with Gasteiger partial charge >= 0.3 is 0 Å². The Morgan fingerprint density at radius 3 is 2.68 bits per heavy atom. The van der Waals surface area contributed by atoms with E-state index in [0.29, 0.717) is 11.7 Å². The van der Waals surface area contributed by atoms with E-state index in [2.05, 4.69) is 24.8 Å². The van der Waals surface area contributed by atoms with Crippen LogP contribution >= 0.6 is 0 Å². The second-order valence-electron chi connectivity index (χ2n) is 7.88. The summed E-state index contributed by atoms with van der Waals surface area (Å²) in [7, 11) is 0. The minimum Gasteiger partial charge on any atom is -0.508 e. The highest BCUT2D eigenvalue weighted by atomic mass is 16.3. The number of phenolic OH excluding ortho intramolecular Hbond substituents is 1. The molecule has 1 aromatic carbocycles. The molecular formula is C20H31NO. The highest BCUT2D eigenvalue weighted by Crippen LogP contribution is 2.40. The summed E-state index contributed by atoms with van der Waals surface area (Å²) in [5.74, 6) is 1.97. The van der Waals surface area contributed by atoms with Crippen LogP contribution in [0.25, 0.3) is 0 Å². The van der Waals surface area contributed by atoms with Gasteiger partial charge in [-0.1, -0.05) is 45.2 Å². The van der Waals surface area contributed by atoms with Crippen molar-refractivity contribution < 1.29 is 5.11 Å². The molecule has 2 heteroatoms. The third-order valence-corrected chi connectivity index (χ3v) is 6.31. The van der Waals surface area contributed by atoms with Crippen LogP contribution in [0.15, 0.2) is 24.3 Å². The molecule has 0 bridgehead atoms. The van der Waals surface area contributed by atoms with E-state index in [-0.39, 0.29) is 5.41 Å². The number of benzene rings is 1. The summed E-state index contributed by atoms with van der Waals surface area (Å²) in [5, 5.41) is 9.80. The van der Waals surface area contributed by atoms with E-state index in [9.17, 15) is 5.11 Å². The predicted molar refractivity (Wildman–Crippen MR) is 92.3 cm³/mol. The summed E-state index contributed by atoms with van der Waals surface area (Å²) in [6.07, 6.45) is 8.40. The van der Waals surface area contributed by atoms with Gasteiger partial charge in [0.05, 0.1) is 0 Å². The smallest absolute Gasteiger partial charge is 0.115 e. The van der Waals surface area contributed by atoms with Gasteiger partial charge in [0, 0.05) is 13.1 Å². The van der Waals surface area contributed by atoms with Crippen molar-refractivity contribution in [3.8, 4) is 5.75 Å².